The van der Waals surface area contributed by atoms with Crippen LogP contribution in [0, 0.1) is 0 Å². The van der Waals surface area contributed by atoms with Crippen LogP contribution < -0.4 is 10.6 Å². The minimum absolute atomic E-state index is 0.192. The van der Waals surface area contributed by atoms with Gasteiger partial charge in [-0.05, 0) is 31.4 Å². The molecule has 0 bridgehead atoms. The normalized spacial score (nSPS) is 19.5. The van der Waals surface area contributed by atoms with Gasteiger partial charge < -0.3 is 10.5 Å². The van der Waals surface area contributed by atoms with Crippen molar-refractivity contribution >= 4 is 50.9 Å². The zero-order chi connectivity index (χ0) is 15.9. The molecule has 0 radical (unpaired) electrons. The van der Waals surface area contributed by atoms with Crippen molar-refractivity contribution < 1.29 is 14.3 Å². The molecule has 1 saturated heterocycles. The van der Waals surface area contributed by atoms with Crippen LogP contribution in [0.4, 0.5) is 10.5 Å². The van der Waals surface area contributed by atoms with E-state index >= 15 is 0 Å². The molecule has 0 aliphatic carbocycles. The zero-order valence-corrected chi connectivity index (χ0v) is 13.7. The third-order valence-corrected chi connectivity index (χ3v) is 5.55. The van der Waals surface area contributed by atoms with Crippen LogP contribution in [-0.2, 0) is 9.53 Å². The van der Waals surface area contributed by atoms with E-state index in [-0.39, 0.29) is 12.3 Å². The Labute approximate surface area is 135 Å². The van der Waals surface area contributed by atoms with E-state index in [0.717, 1.165) is 20.2 Å². The van der Waals surface area contributed by atoms with E-state index < -0.39 is 18.2 Å². The molecule has 6 nitrogen and oxygen atoms in total. The third-order valence-electron chi connectivity index (χ3n) is 3.54. The molecule has 0 spiro atoms. The van der Waals surface area contributed by atoms with Gasteiger partial charge in [-0.3, -0.25) is 9.69 Å². The van der Waals surface area contributed by atoms with E-state index in [4.69, 9.17) is 10.5 Å². The lowest BCUT2D eigenvalue weighted by molar-refractivity contribution is -0.120. The Bertz CT molecular complexity index is 746. The smallest absolute Gasteiger partial charge is 0.414 e. The van der Waals surface area contributed by atoms with Crippen LogP contribution >= 0.6 is 23.1 Å². The highest BCUT2D eigenvalue weighted by molar-refractivity contribution is 8.00. The molecule has 1 aliphatic rings. The van der Waals surface area contributed by atoms with Gasteiger partial charge in [0.2, 0.25) is 0 Å². The number of cyclic esters (lactones) is 1. The minimum Gasteiger partial charge on any atom is -0.442 e. The number of carbonyl (C=O) groups excluding carboxylic acids is 2. The Morgan fingerprint density at radius 2 is 2.36 bits per heavy atom. The number of Topliss-reactive ketones (excluding diaryl/α,β-unsaturated/α-hetero) is 1. The highest BCUT2D eigenvalue weighted by atomic mass is 32.2. The molecule has 1 unspecified atom stereocenters. The monoisotopic (exact) mass is 337 g/mol. The van der Waals surface area contributed by atoms with Crippen molar-refractivity contribution in [2.45, 2.75) is 23.4 Å². The first-order valence-electron chi connectivity index (χ1n) is 6.68. The van der Waals surface area contributed by atoms with Gasteiger partial charge in [0, 0.05) is 5.69 Å². The molecule has 8 heteroatoms. The first-order valence-corrected chi connectivity index (χ1v) is 8.72. The Balaban J connectivity index is 1.87. The number of rotatable bonds is 4. The molecule has 2 atom stereocenters. The highest BCUT2D eigenvalue weighted by Crippen LogP contribution is 2.32. The second-order valence-corrected chi connectivity index (χ2v) is 7.09. The van der Waals surface area contributed by atoms with Gasteiger partial charge in [-0.2, -0.15) is 0 Å². The number of ether oxygens (including phenoxy) is 1. The summed E-state index contributed by atoms with van der Waals surface area (Å²) in [7, 11) is 0. The summed E-state index contributed by atoms with van der Waals surface area (Å²) in [5, 5.41) is 0. The van der Waals surface area contributed by atoms with Crippen LogP contribution in [0.5, 0.6) is 0 Å². The summed E-state index contributed by atoms with van der Waals surface area (Å²) in [5.74, 6) is -0.192. The fourth-order valence-electron chi connectivity index (χ4n) is 2.29. The maximum atomic E-state index is 12.0. The molecular weight excluding hydrogens is 322 g/mol. The quantitative estimate of drug-likeness (QED) is 0.861. The van der Waals surface area contributed by atoms with Crippen LogP contribution in [0.3, 0.4) is 0 Å². The van der Waals surface area contributed by atoms with E-state index in [1.54, 1.807) is 23.1 Å². The average molecular weight is 337 g/mol. The molecule has 2 aromatic rings. The van der Waals surface area contributed by atoms with Gasteiger partial charge in [-0.15, -0.1) is 11.3 Å². The summed E-state index contributed by atoms with van der Waals surface area (Å²) < 4.78 is 7.20. The van der Waals surface area contributed by atoms with Gasteiger partial charge in [-0.25, -0.2) is 9.78 Å². The largest absolute Gasteiger partial charge is 0.442 e. The van der Waals surface area contributed by atoms with Crippen molar-refractivity contribution in [3.05, 3.63) is 18.2 Å². The summed E-state index contributed by atoms with van der Waals surface area (Å²) in [4.78, 5) is 29.3. The molecule has 1 aliphatic heterocycles. The minimum atomic E-state index is -0.788. The summed E-state index contributed by atoms with van der Waals surface area (Å²) in [5.41, 5.74) is 7.41. The SMILES string of the molecule is CSc1nc2ccc(N3C[C@@H](C(N)C(C)=O)OC3=O)cc2s1. The van der Waals surface area contributed by atoms with Crippen molar-refractivity contribution in [1.29, 1.82) is 0 Å². The lowest BCUT2D eigenvalue weighted by atomic mass is 10.1. The molecule has 0 saturated carbocycles. The summed E-state index contributed by atoms with van der Waals surface area (Å²) in [6, 6.07) is 4.83. The maximum Gasteiger partial charge on any atom is 0.414 e. The van der Waals surface area contributed by atoms with Gasteiger partial charge in [0.15, 0.2) is 4.34 Å². The maximum absolute atomic E-state index is 12.0. The molecule has 2 N–H and O–H groups in total. The summed E-state index contributed by atoms with van der Waals surface area (Å²) in [6.07, 6.45) is 0.893. The third kappa shape index (κ3) is 2.69. The van der Waals surface area contributed by atoms with Crippen LogP contribution in [0.2, 0.25) is 0 Å². The molecule has 116 valence electrons. The molecular formula is C14H15N3O3S2. The molecule has 1 aromatic heterocycles. The summed E-state index contributed by atoms with van der Waals surface area (Å²) in [6.45, 7) is 1.67. The number of carbonyl (C=O) groups is 2. The Morgan fingerprint density at radius 3 is 3.05 bits per heavy atom. The number of nitrogens with zero attached hydrogens (tertiary/aromatic N) is 2. The second-order valence-electron chi connectivity index (χ2n) is 5.01. The number of hydrogen-bond acceptors (Lipinski definition) is 7. The molecule has 1 amide bonds. The van der Waals surface area contributed by atoms with Crippen LogP contribution in [0.15, 0.2) is 22.5 Å². The Kier molecular flexibility index (Phi) is 4.07. The van der Waals surface area contributed by atoms with Crippen molar-refractivity contribution in [2.24, 2.45) is 5.73 Å². The molecule has 1 fully saturated rings. The van der Waals surface area contributed by atoms with Crippen molar-refractivity contribution in [3.8, 4) is 0 Å². The number of thioether (sulfide) groups is 1. The van der Waals surface area contributed by atoms with E-state index in [1.165, 1.54) is 11.8 Å². The van der Waals surface area contributed by atoms with E-state index in [2.05, 4.69) is 4.98 Å². The van der Waals surface area contributed by atoms with Crippen molar-refractivity contribution in [2.75, 3.05) is 17.7 Å². The van der Waals surface area contributed by atoms with Crippen LogP contribution in [0.1, 0.15) is 6.92 Å². The van der Waals surface area contributed by atoms with Crippen LogP contribution in [0.25, 0.3) is 10.2 Å². The number of benzene rings is 1. The summed E-state index contributed by atoms with van der Waals surface area (Å²) >= 11 is 3.17. The zero-order valence-electron chi connectivity index (χ0n) is 12.1. The number of nitrogens with two attached hydrogens (primary N) is 1. The van der Waals surface area contributed by atoms with E-state index in [1.807, 2.05) is 24.5 Å². The first kappa shape index (κ1) is 15.3. The van der Waals surface area contributed by atoms with Crippen LogP contribution in [-0.4, -0.2) is 41.8 Å². The Morgan fingerprint density at radius 1 is 1.59 bits per heavy atom. The van der Waals surface area contributed by atoms with Gasteiger partial charge in [0.1, 0.15) is 17.9 Å². The highest BCUT2D eigenvalue weighted by Gasteiger charge is 2.37. The number of amides is 1. The molecule has 1 aromatic carbocycles. The van der Waals surface area contributed by atoms with E-state index in [0.29, 0.717) is 0 Å². The average Bonchev–Trinajstić information content (AvgIpc) is 3.08. The molecule has 22 heavy (non-hydrogen) atoms. The van der Waals surface area contributed by atoms with Crippen molar-refractivity contribution in [3.63, 3.8) is 0 Å². The Hall–Kier alpha value is -1.64. The standard InChI is InChI=1S/C14H15N3O3S2/c1-7(18)12(15)10-6-17(14(19)20-10)8-3-4-9-11(5-8)22-13(16-9)21-2/h3-5,10,12H,6,15H2,1-2H3/t10-,12?/m0/s1. The fraction of sp³-hybridized carbons (Fsp3) is 0.357. The predicted molar refractivity (Wildman–Crippen MR) is 87.7 cm³/mol. The lowest BCUT2D eigenvalue weighted by Gasteiger charge is -2.15. The number of ketones is 1. The van der Waals surface area contributed by atoms with Gasteiger partial charge >= 0.3 is 6.09 Å². The lowest BCUT2D eigenvalue weighted by Crippen LogP contribution is -2.43. The number of hydrogen-bond donors (Lipinski definition) is 1. The van der Waals surface area contributed by atoms with Crippen molar-refractivity contribution in [1.82, 2.24) is 4.98 Å². The number of anilines is 1. The topological polar surface area (TPSA) is 85.5 Å². The molecule has 3 rings (SSSR count). The van der Waals surface area contributed by atoms with Gasteiger partial charge in [0.05, 0.1) is 16.8 Å². The molecule has 2 heterocycles. The van der Waals surface area contributed by atoms with Gasteiger partial charge in [0.25, 0.3) is 0 Å². The predicted octanol–water partition coefficient (Wildman–Crippen LogP) is 2.26. The first-order chi connectivity index (χ1) is 10.5. The number of thiazole rings is 1. The fourth-order valence-corrected chi connectivity index (χ4v) is 3.81. The van der Waals surface area contributed by atoms with Gasteiger partial charge in [-0.1, -0.05) is 11.8 Å². The second kappa shape index (κ2) is 5.86. The number of fused-ring (bicyclic) bond motifs is 1. The van der Waals surface area contributed by atoms with E-state index in [9.17, 15) is 9.59 Å². The number of aromatic nitrogens is 1.